The molecule has 20 heavy (non-hydrogen) atoms. The van der Waals surface area contributed by atoms with Crippen LogP contribution in [-0.4, -0.2) is 49.1 Å². The third-order valence-electron chi connectivity index (χ3n) is 3.82. The van der Waals surface area contributed by atoms with Crippen molar-refractivity contribution >= 4 is 11.8 Å². The highest BCUT2D eigenvalue weighted by Gasteiger charge is 2.30. The summed E-state index contributed by atoms with van der Waals surface area (Å²) in [6, 6.07) is -0.367. The van der Waals surface area contributed by atoms with Crippen molar-refractivity contribution in [1.82, 2.24) is 10.2 Å². The summed E-state index contributed by atoms with van der Waals surface area (Å²) in [5, 5.41) is 2.84. The Labute approximate surface area is 121 Å². The first-order valence-corrected chi connectivity index (χ1v) is 7.72. The first kappa shape index (κ1) is 15.3. The van der Waals surface area contributed by atoms with Crippen molar-refractivity contribution in [3.8, 4) is 0 Å². The molecule has 2 aliphatic rings. The molecule has 1 saturated heterocycles. The van der Waals surface area contributed by atoms with Crippen LogP contribution in [-0.2, 0) is 14.3 Å². The predicted octanol–water partition coefficient (Wildman–Crippen LogP) is 1.18. The first-order chi connectivity index (χ1) is 9.56. The lowest BCUT2D eigenvalue weighted by molar-refractivity contribution is -0.134. The lowest BCUT2D eigenvalue weighted by atomic mass is 10.0. The fourth-order valence-electron chi connectivity index (χ4n) is 2.46. The Kier molecular flexibility index (Phi) is 5.40. The van der Waals surface area contributed by atoms with Gasteiger partial charge in [0, 0.05) is 26.1 Å². The Balaban J connectivity index is 1.81. The van der Waals surface area contributed by atoms with E-state index >= 15 is 0 Å². The van der Waals surface area contributed by atoms with Crippen molar-refractivity contribution in [3.63, 3.8) is 0 Å². The van der Waals surface area contributed by atoms with E-state index < -0.39 is 0 Å². The topological polar surface area (TPSA) is 58.6 Å². The van der Waals surface area contributed by atoms with Crippen molar-refractivity contribution in [2.75, 3.05) is 26.3 Å². The summed E-state index contributed by atoms with van der Waals surface area (Å²) in [6.07, 6.45) is 3.64. The predicted molar refractivity (Wildman–Crippen MR) is 76.1 cm³/mol. The molecule has 0 aromatic rings. The molecule has 1 atom stereocenters. The molecular weight excluding hydrogens is 256 g/mol. The smallest absolute Gasteiger partial charge is 0.245 e. The van der Waals surface area contributed by atoms with Gasteiger partial charge in [0.2, 0.25) is 11.8 Å². The monoisotopic (exact) mass is 282 g/mol. The number of nitrogens with zero attached hydrogens (tertiary/aromatic N) is 1. The third-order valence-corrected chi connectivity index (χ3v) is 3.82. The Bertz CT molecular complexity index is 353. The molecule has 1 saturated carbocycles. The minimum absolute atomic E-state index is 0.0228. The molecule has 0 spiro atoms. The molecule has 0 bridgehead atoms. The van der Waals surface area contributed by atoms with Crippen molar-refractivity contribution < 1.29 is 14.3 Å². The zero-order valence-corrected chi connectivity index (χ0v) is 12.6. The lowest BCUT2D eigenvalue weighted by Gasteiger charge is -2.24. The molecule has 0 aromatic carbocycles. The summed E-state index contributed by atoms with van der Waals surface area (Å²) in [5.74, 6) is 1.15. The highest BCUT2D eigenvalue weighted by atomic mass is 16.5. The number of nitrogens with one attached hydrogen (secondary N) is 1. The van der Waals surface area contributed by atoms with Gasteiger partial charge in [-0.1, -0.05) is 13.8 Å². The fraction of sp³-hybridized carbons (Fsp3) is 0.867. The van der Waals surface area contributed by atoms with E-state index in [2.05, 4.69) is 19.2 Å². The van der Waals surface area contributed by atoms with E-state index in [-0.39, 0.29) is 17.9 Å². The second kappa shape index (κ2) is 7.07. The number of rotatable bonds is 7. The molecule has 1 N–H and O–H groups in total. The molecule has 1 aliphatic heterocycles. The van der Waals surface area contributed by atoms with Gasteiger partial charge in [-0.05, 0) is 31.1 Å². The van der Waals surface area contributed by atoms with Crippen LogP contribution in [0.2, 0.25) is 0 Å². The van der Waals surface area contributed by atoms with Gasteiger partial charge in [-0.15, -0.1) is 0 Å². The van der Waals surface area contributed by atoms with Crippen LogP contribution < -0.4 is 5.32 Å². The Morgan fingerprint density at radius 1 is 1.35 bits per heavy atom. The van der Waals surface area contributed by atoms with Gasteiger partial charge in [-0.3, -0.25) is 9.59 Å². The summed E-state index contributed by atoms with van der Waals surface area (Å²) in [7, 11) is 0. The number of carbonyl (C=O) groups is 2. The molecule has 2 fully saturated rings. The minimum atomic E-state index is -0.367. The molecule has 1 aliphatic carbocycles. The van der Waals surface area contributed by atoms with Gasteiger partial charge in [0.1, 0.15) is 6.04 Å². The summed E-state index contributed by atoms with van der Waals surface area (Å²) < 4.78 is 5.59. The van der Waals surface area contributed by atoms with Crippen LogP contribution in [0.25, 0.3) is 0 Å². The summed E-state index contributed by atoms with van der Waals surface area (Å²) >= 11 is 0. The number of amides is 2. The van der Waals surface area contributed by atoms with E-state index in [1.807, 2.05) is 0 Å². The SMILES string of the molecule is CC(C)CC1NC(=O)CCN(CCOCC2CC2)C1=O. The maximum Gasteiger partial charge on any atom is 0.245 e. The van der Waals surface area contributed by atoms with E-state index in [1.54, 1.807) is 4.90 Å². The van der Waals surface area contributed by atoms with Gasteiger partial charge < -0.3 is 15.0 Å². The number of hydrogen-bond donors (Lipinski definition) is 1. The highest BCUT2D eigenvalue weighted by molar-refractivity contribution is 5.89. The quantitative estimate of drug-likeness (QED) is 0.713. The summed E-state index contributed by atoms with van der Waals surface area (Å²) in [4.78, 5) is 25.9. The highest BCUT2D eigenvalue weighted by Crippen LogP contribution is 2.28. The van der Waals surface area contributed by atoms with Gasteiger partial charge in [0.25, 0.3) is 0 Å². The van der Waals surface area contributed by atoms with Crippen LogP contribution in [0.4, 0.5) is 0 Å². The molecular formula is C15H26N2O3. The molecule has 1 unspecified atom stereocenters. The van der Waals surface area contributed by atoms with E-state index in [4.69, 9.17) is 4.74 Å². The summed E-state index contributed by atoms with van der Waals surface area (Å²) in [6.45, 7) is 6.61. The average Bonchev–Trinajstić information content (AvgIpc) is 3.19. The largest absolute Gasteiger partial charge is 0.379 e. The lowest BCUT2D eigenvalue weighted by Crippen LogP contribution is -2.46. The summed E-state index contributed by atoms with van der Waals surface area (Å²) in [5.41, 5.74) is 0. The number of carbonyl (C=O) groups excluding carboxylic acids is 2. The van der Waals surface area contributed by atoms with E-state index in [0.29, 0.717) is 38.5 Å². The van der Waals surface area contributed by atoms with Crippen LogP contribution in [0.3, 0.4) is 0 Å². The number of ether oxygens (including phenoxy) is 1. The van der Waals surface area contributed by atoms with Crippen LogP contribution in [0, 0.1) is 11.8 Å². The van der Waals surface area contributed by atoms with Gasteiger partial charge in [0.05, 0.1) is 6.61 Å². The molecule has 1 heterocycles. The molecule has 0 radical (unpaired) electrons. The maximum absolute atomic E-state index is 12.4. The van der Waals surface area contributed by atoms with Crippen molar-refractivity contribution in [3.05, 3.63) is 0 Å². The minimum Gasteiger partial charge on any atom is -0.379 e. The maximum atomic E-state index is 12.4. The zero-order valence-electron chi connectivity index (χ0n) is 12.6. The van der Waals surface area contributed by atoms with Gasteiger partial charge in [-0.25, -0.2) is 0 Å². The standard InChI is InChI=1S/C15H26N2O3/c1-11(2)9-13-15(19)17(6-5-14(18)16-13)7-8-20-10-12-3-4-12/h11-13H,3-10H2,1-2H3,(H,16,18). The van der Waals surface area contributed by atoms with Crippen LogP contribution in [0.1, 0.15) is 39.5 Å². The third kappa shape index (κ3) is 4.78. The molecule has 5 heteroatoms. The zero-order chi connectivity index (χ0) is 14.5. The second-order valence-electron chi connectivity index (χ2n) is 6.34. The van der Waals surface area contributed by atoms with Gasteiger partial charge in [-0.2, -0.15) is 0 Å². The van der Waals surface area contributed by atoms with E-state index in [9.17, 15) is 9.59 Å². The normalized spacial score (nSPS) is 23.9. The second-order valence-corrected chi connectivity index (χ2v) is 6.34. The van der Waals surface area contributed by atoms with E-state index in [0.717, 1.165) is 12.5 Å². The fourth-order valence-corrected chi connectivity index (χ4v) is 2.46. The molecule has 2 amide bonds. The van der Waals surface area contributed by atoms with Crippen molar-refractivity contribution in [2.24, 2.45) is 11.8 Å². The Morgan fingerprint density at radius 3 is 2.75 bits per heavy atom. The molecule has 114 valence electrons. The van der Waals surface area contributed by atoms with E-state index in [1.165, 1.54) is 12.8 Å². The van der Waals surface area contributed by atoms with Crippen LogP contribution in [0.5, 0.6) is 0 Å². The van der Waals surface area contributed by atoms with Crippen LogP contribution >= 0.6 is 0 Å². The average molecular weight is 282 g/mol. The van der Waals surface area contributed by atoms with Gasteiger partial charge >= 0.3 is 0 Å². The Morgan fingerprint density at radius 2 is 2.10 bits per heavy atom. The van der Waals surface area contributed by atoms with Gasteiger partial charge in [0.15, 0.2) is 0 Å². The molecule has 2 rings (SSSR count). The first-order valence-electron chi connectivity index (χ1n) is 7.72. The van der Waals surface area contributed by atoms with Crippen molar-refractivity contribution in [2.45, 2.75) is 45.6 Å². The Hall–Kier alpha value is -1.10. The van der Waals surface area contributed by atoms with Crippen molar-refractivity contribution in [1.29, 1.82) is 0 Å². The molecule has 5 nitrogen and oxygen atoms in total. The van der Waals surface area contributed by atoms with Crippen LogP contribution in [0.15, 0.2) is 0 Å². The molecule has 0 aromatic heterocycles. The number of hydrogen-bond acceptors (Lipinski definition) is 3.